The van der Waals surface area contributed by atoms with Crippen LogP contribution in [0.5, 0.6) is 0 Å². The molecule has 3 rings (SSSR count). The van der Waals surface area contributed by atoms with Crippen molar-refractivity contribution in [3.63, 3.8) is 0 Å². The Morgan fingerprint density at radius 3 is 2.30 bits per heavy atom. The van der Waals surface area contributed by atoms with Gasteiger partial charge in [-0.05, 0) is 80.8 Å². The van der Waals surface area contributed by atoms with E-state index in [1.54, 1.807) is 43.3 Å². The lowest BCUT2D eigenvalue weighted by Crippen LogP contribution is -2.39. The van der Waals surface area contributed by atoms with Gasteiger partial charge < -0.3 is 0 Å². The third-order valence-electron chi connectivity index (χ3n) is 5.27. The zero-order valence-corrected chi connectivity index (χ0v) is 21.4. The Kier molecular flexibility index (Phi) is 7.71. The topological polar surface area (TPSA) is 78.8 Å². The maximum Gasteiger partial charge on any atom is 0.264 e. The van der Waals surface area contributed by atoms with Crippen molar-refractivity contribution < 1.29 is 13.2 Å². The summed E-state index contributed by atoms with van der Waals surface area (Å²) < 4.78 is 29.0. The summed E-state index contributed by atoms with van der Waals surface area (Å²) in [6.07, 6.45) is 0. The molecule has 33 heavy (non-hydrogen) atoms. The highest BCUT2D eigenvalue weighted by Gasteiger charge is 2.27. The van der Waals surface area contributed by atoms with Crippen molar-refractivity contribution in [1.82, 2.24) is 5.43 Å². The minimum absolute atomic E-state index is 0.118. The maximum atomic E-state index is 13.5. The van der Waals surface area contributed by atoms with Gasteiger partial charge >= 0.3 is 0 Å². The van der Waals surface area contributed by atoms with Crippen LogP contribution in [0, 0.1) is 20.8 Å². The van der Waals surface area contributed by atoms with Gasteiger partial charge in [-0.1, -0.05) is 51.8 Å². The van der Waals surface area contributed by atoms with Crippen LogP contribution in [0.25, 0.3) is 0 Å². The van der Waals surface area contributed by atoms with Crippen LogP contribution in [0.2, 0.25) is 0 Å². The second-order valence-corrected chi connectivity index (χ2v) is 10.6. The van der Waals surface area contributed by atoms with E-state index in [1.165, 1.54) is 0 Å². The number of aryl methyl sites for hydroxylation is 3. The lowest BCUT2D eigenvalue weighted by Gasteiger charge is -2.24. The van der Waals surface area contributed by atoms with E-state index < -0.39 is 22.5 Å². The summed E-state index contributed by atoms with van der Waals surface area (Å²) in [5.74, 6) is -0.543. The Hall–Kier alpha value is -2.97. The van der Waals surface area contributed by atoms with Gasteiger partial charge in [-0.25, -0.2) is 13.8 Å². The lowest BCUT2D eigenvalue weighted by molar-refractivity contribution is -0.119. The fourth-order valence-electron chi connectivity index (χ4n) is 3.12. The van der Waals surface area contributed by atoms with E-state index in [9.17, 15) is 13.2 Å². The Labute approximate surface area is 203 Å². The molecule has 0 aromatic heterocycles. The first-order valence-electron chi connectivity index (χ1n) is 10.3. The highest BCUT2D eigenvalue weighted by atomic mass is 79.9. The van der Waals surface area contributed by atoms with E-state index in [0.29, 0.717) is 11.4 Å². The molecule has 0 radical (unpaired) electrons. The summed E-state index contributed by atoms with van der Waals surface area (Å²) in [4.78, 5) is 12.9. The van der Waals surface area contributed by atoms with E-state index >= 15 is 0 Å². The highest BCUT2D eigenvalue weighted by molar-refractivity contribution is 9.10. The molecule has 0 saturated heterocycles. The van der Waals surface area contributed by atoms with Crippen LogP contribution in [-0.2, 0) is 14.8 Å². The van der Waals surface area contributed by atoms with E-state index in [-0.39, 0.29) is 4.90 Å². The van der Waals surface area contributed by atoms with Gasteiger partial charge in [0.1, 0.15) is 6.54 Å². The Morgan fingerprint density at radius 2 is 1.67 bits per heavy atom. The second-order valence-electron chi connectivity index (χ2n) is 7.84. The first kappa shape index (κ1) is 24.7. The van der Waals surface area contributed by atoms with Crippen LogP contribution in [0.1, 0.15) is 29.2 Å². The second kappa shape index (κ2) is 10.3. The van der Waals surface area contributed by atoms with Gasteiger partial charge in [-0.3, -0.25) is 9.10 Å². The monoisotopic (exact) mass is 527 g/mol. The Bertz CT molecular complexity index is 1300. The summed E-state index contributed by atoms with van der Waals surface area (Å²) in [6.45, 7) is 7.10. The molecule has 1 N–H and O–H groups in total. The van der Waals surface area contributed by atoms with Gasteiger partial charge in [0.25, 0.3) is 15.9 Å². The van der Waals surface area contributed by atoms with Gasteiger partial charge in [0.05, 0.1) is 16.3 Å². The number of nitrogens with zero attached hydrogens (tertiary/aromatic N) is 2. The normalized spacial score (nSPS) is 11.8. The van der Waals surface area contributed by atoms with Crippen molar-refractivity contribution in [3.05, 3.63) is 93.5 Å². The largest absolute Gasteiger partial charge is 0.271 e. The minimum atomic E-state index is -3.97. The number of carbonyl (C=O) groups is 1. The molecule has 0 aliphatic heterocycles. The van der Waals surface area contributed by atoms with Crippen LogP contribution >= 0.6 is 15.9 Å². The SMILES string of the molecule is C/C(=N/NC(=O)CN(c1ccc(C)c(C)c1)S(=O)(=O)c1ccc(C)cc1)c1cccc(Br)c1. The van der Waals surface area contributed by atoms with Crippen molar-refractivity contribution in [1.29, 1.82) is 0 Å². The molecular weight excluding hydrogens is 502 g/mol. The molecule has 0 heterocycles. The standard InChI is InChI=1S/C25H26BrN3O3S/c1-17-8-12-24(13-9-17)33(31,32)29(23-11-10-18(2)19(3)14-23)16-25(30)28-27-20(4)21-6-5-7-22(26)15-21/h5-15H,16H2,1-4H3,(H,28,30)/b27-20-. The fraction of sp³-hybridized carbons (Fsp3) is 0.200. The van der Waals surface area contributed by atoms with Crippen LogP contribution < -0.4 is 9.73 Å². The molecular formula is C25H26BrN3O3S. The van der Waals surface area contributed by atoms with E-state index in [2.05, 4.69) is 26.5 Å². The van der Waals surface area contributed by atoms with Crippen molar-refractivity contribution >= 4 is 43.3 Å². The Morgan fingerprint density at radius 1 is 0.970 bits per heavy atom. The number of amides is 1. The number of hydrazone groups is 1. The number of nitrogens with one attached hydrogen (secondary N) is 1. The van der Waals surface area contributed by atoms with Crippen molar-refractivity contribution in [3.8, 4) is 0 Å². The molecule has 0 aliphatic carbocycles. The number of hydrogen-bond acceptors (Lipinski definition) is 4. The molecule has 0 aliphatic rings. The van der Waals surface area contributed by atoms with Gasteiger partial charge in [0.15, 0.2) is 0 Å². The van der Waals surface area contributed by atoms with Crippen molar-refractivity contribution in [2.24, 2.45) is 5.10 Å². The van der Waals surface area contributed by atoms with Crippen molar-refractivity contribution in [2.45, 2.75) is 32.6 Å². The van der Waals surface area contributed by atoms with Crippen LogP contribution in [-0.4, -0.2) is 26.6 Å². The first-order valence-corrected chi connectivity index (χ1v) is 12.6. The number of halogens is 1. The summed E-state index contributed by atoms with van der Waals surface area (Å²) in [5.41, 5.74) is 7.25. The maximum absolute atomic E-state index is 13.5. The molecule has 3 aromatic rings. The molecule has 0 bridgehead atoms. The molecule has 0 spiro atoms. The molecule has 0 fully saturated rings. The predicted octanol–water partition coefficient (Wildman–Crippen LogP) is 5.11. The minimum Gasteiger partial charge on any atom is -0.271 e. The van der Waals surface area contributed by atoms with E-state index in [4.69, 9.17) is 0 Å². The van der Waals surface area contributed by atoms with Gasteiger partial charge in [0, 0.05) is 4.47 Å². The molecule has 3 aromatic carbocycles. The number of sulfonamides is 1. The summed E-state index contributed by atoms with van der Waals surface area (Å²) in [5, 5.41) is 4.16. The molecule has 0 unspecified atom stereocenters. The van der Waals surface area contributed by atoms with Crippen LogP contribution in [0.3, 0.4) is 0 Å². The zero-order valence-electron chi connectivity index (χ0n) is 19.0. The summed E-state index contributed by atoms with van der Waals surface area (Å²) >= 11 is 3.41. The third-order valence-corrected chi connectivity index (χ3v) is 7.55. The average Bonchev–Trinajstić information content (AvgIpc) is 2.78. The van der Waals surface area contributed by atoms with E-state index in [0.717, 1.165) is 31.0 Å². The predicted molar refractivity (Wildman–Crippen MR) is 136 cm³/mol. The third kappa shape index (κ3) is 6.09. The van der Waals surface area contributed by atoms with Crippen LogP contribution in [0.15, 0.2) is 81.2 Å². The number of hydrogen-bond donors (Lipinski definition) is 1. The molecule has 1 amide bonds. The van der Waals surface area contributed by atoms with Crippen LogP contribution in [0.4, 0.5) is 5.69 Å². The van der Waals surface area contributed by atoms with Gasteiger partial charge in [-0.15, -0.1) is 0 Å². The number of anilines is 1. The molecule has 0 atom stereocenters. The lowest BCUT2D eigenvalue weighted by atomic mass is 10.1. The summed E-state index contributed by atoms with van der Waals surface area (Å²) in [6, 6.07) is 19.4. The van der Waals surface area contributed by atoms with Gasteiger partial charge in [-0.2, -0.15) is 5.10 Å². The molecule has 6 nitrogen and oxygen atoms in total. The number of carbonyl (C=O) groups excluding carboxylic acids is 1. The fourth-order valence-corrected chi connectivity index (χ4v) is 4.94. The Balaban J connectivity index is 1.91. The average molecular weight is 528 g/mol. The highest BCUT2D eigenvalue weighted by Crippen LogP contribution is 2.26. The number of benzene rings is 3. The number of rotatable bonds is 7. The first-order chi connectivity index (χ1) is 15.6. The summed E-state index contributed by atoms with van der Waals surface area (Å²) in [7, 11) is -3.97. The zero-order chi connectivity index (χ0) is 24.2. The quantitative estimate of drug-likeness (QED) is 0.342. The van der Waals surface area contributed by atoms with Gasteiger partial charge in [0.2, 0.25) is 0 Å². The smallest absolute Gasteiger partial charge is 0.264 e. The molecule has 8 heteroatoms. The molecule has 172 valence electrons. The van der Waals surface area contributed by atoms with E-state index in [1.807, 2.05) is 51.1 Å². The molecule has 0 saturated carbocycles. The van der Waals surface area contributed by atoms with Crippen molar-refractivity contribution in [2.75, 3.05) is 10.8 Å².